The number of alkyl halides is 4. The zero-order valence-corrected chi connectivity index (χ0v) is 24.0. The van der Waals surface area contributed by atoms with Crippen molar-refractivity contribution in [2.45, 2.75) is 50.3 Å². The molecule has 2 aromatic heterocycles. The summed E-state index contributed by atoms with van der Waals surface area (Å²) < 4.78 is 60.3. The second-order valence-corrected chi connectivity index (χ2v) is 10.5. The van der Waals surface area contributed by atoms with Crippen LogP contribution in [0.1, 0.15) is 37.9 Å². The molecule has 0 radical (unpaired) electrons. The molecule has 206 valence electrons. The number of aromatic nitrogens is 3. The predicted octanol–water partition coefficient (Wildman–Crippen LogP) is 5.55. The maximum atomic E-state index is 12.5. The monoisotopic (exact) mass is 664 g/mol. The zero-order chi connectivity index (χ0) is 27.9. The number of rotatable bonds is 11. The molecule has 2 atom stereocenters. The molecule has 0 saturated carbocycles. The fraction of sp³-hybridized carbons (Fsp3) is 0.417. The minimum Gasteiger partial charge on any atom is -0.463 e. The number of carbonyl (C=O) groups is 1. The summed E-state index contributed by atoms with van der Waals surface area (Å²) >= 11 is 2.12. The Kier molecular flexibility index (Phi) is 10.5. The first kappa shape index (κ1) is 29.8. The number of pyridine rings is 1. The van der Waals surface area contributed by atoms with Crippen molar-refractivity contribution >= 4 is 67.2 Å². The molecular weight excluding hydrogens is 636 g/mol. The maximum Gasteiger partial charge on any atom is 0.405 e. The van der Waals surface area contributed by atoms with Crippen LogP contribution in [0, 0.1) is 6.92 Å². The first-order valence-corrected chi connectivity index (χ1v) is 14.7. The zero-order valence-electron chi connectivity index (χ0n) is 21.0. The van der Waals surface area contributed by atoms with Crippen LogP contribution in [0.15, 0.2) is 35.0 Å². The molecule has 2 heterocycles. The molecule has 0 aliphatic rings. The topological polar surface area (TPSA) is 118 Å². The highest BCUT2D eigenvalue weighted by molar-refractivity contribution is 14.1. The van der Waals surface area contributed by atoms with Gasteiger partial charge in [0, 0.05) is 26.2 Å². The van der Waals surface area contributed by atoms with Crippen molar-refractivity contribution in [1.29, 1.82) is 0 Å². The average Bonchev–Trinajstić information content (AvgIpc) is 2.86. The van der Waals surface area contributed by atoms with Crippen molar-refractivity contribution < 1.29 is 26.9 Å². The summed E-state index contributed by atoms with van der Waals surface area (Å²) in [6.45, 7) is 3.77. The highest BCUT2D eigenvalue weighted by Crippen LogP contribution is 2.33. The summed E-state index contributed by atoms with van der Waals surface area (Å²) in [5.74, 6) is 0.0666. The lowest BCUT2D eigenvalue weighted by molar-refractivity contribution is -0.142. The molecule has 1 aromatic carbocycles. The van der Waals surface area contributed by atoms with Crippen molar-refractivity contribution in [3.05, 3.63) is 41.9 Å². The van der Waals surface area contributed by atoms with E-state index in [1.807, 2.05) is 19.2 Å². The average molecular weight is 664 g/mol. The summed E-state index contributed by atoms with van der Waals surface area (Å²) in [7, 11) is -1.72. The van der Waals surface area contributed by atoms with E-state index in [0.717, 1.165) is 18.4 Å². The van der Waals surface area contributed by atoms with Gasteiger partial charge in [-0.05, 0) is 50.1 Å². The smallest absolute Gasteiger partial charge is 0.405 e. The van der Waals surface area contributed by atoms with Gasteiger partial charge in [-0.2, -0.15) is 13.2 Å². The molecule has 14 heteroatoms. The Hall–Kier alpha value is -2.75. The summed E-state index contributed by atoms with van der Waals surface area (Å²) in [6.07, 6.45) is -2.64. The van der Waals surface area contributed by atoms with E-state index in [4.69, 9.17) is 4.74 Å². The Bertz CT molecular complexity index is 1380. The third-order valence-corrected chi connectivity index (χ3v) is 7.21. The number of hydrogen-bond acceptors (Lipinski definition) is 8. The standard InChI is InChI=1S/C24H28F3IN6O3S/c1-4-5-8-38(36)34-17-9-14(2)20-19(10-17)30-13-31-21(20)33-18-7-6-16(11-28)32-23(18)37-15(3)22(35)29-12-24(25,26)27/h6-7,9-10,13,15,38H,4-5,8,11-12H2,1-3H3,(H,29,35)(H,30,31,33)/t15-/m1/s1. The number of fused-ring (bicyclic) bond motifs is 1. The SMILES string of the molecule is CCCC/[SH](=O)=N\c1cc(C)c2c(Nc3ccc(CI)nc3O[C@H](C)C(=O)NCC(F)(F)F)ncnc2c1. The van der Waals surface area contributed by atoms with Gasteiger partial charge in [0.25, 0.3) is 5.91 Å². The molecule has 1 unspecified atom stereocenters. The van der Waals surface area contributed by atoms with Gasteiger partial charge >= 0.3 is 6.18 Å². The largest absolute Gasteiger partial charge is 0.463 e. The van der Waals surface area contributed by atoms with Crippen molar-refractivity contribution in [3.63, 3.8) is 0 Å². The van der Waals surface area contributed by atoms with E-state index >= 15 is 0 Å². The highest BCUT2D eigenvalue weighted by Gasteiger charge is 2.29. The summed E-state index contributed by atoms with van der Waals surface area (Å²) in [6, 6.07) is 6.99. The number of aryl methyl sites for hydroxylation is 1. The minimum absolute atomic E-state index is 0.0396. The Morgan fingerprint density at radius 3 is 2.71 bits per heavy atom. The van der Waals surface area contributed by atoms with E-state index in [0.29, 0.717) is 44.0 Å². The summed E-state index contributed by atoms with van der Waals surface area (Å²) in [4.78, 5) is 25.3. The number of carbonyl (C=O) groups excluding carboxylic acids is 1. The molecule has 0 aliphatic carbocycles. The Morgan fingerprint density at radius 2 is 2.03 bits per heavy atom. The van der Waals surface area contributed by atoms with Gasteiger partial charge in [-0.3, -0.25) is 9.00 Å². The van der Waals surface area contributed by atoms with Crippen LogP contribution in [-0.4, -0.2) is 49.6 Å². The first-order chi connectivity index (χ1) is 18.0. The van der Waals surface area contributed by atoms with Crippen LogP contribution in [-0.2, 0) is 19.8 Å². The second kappa shape index (κ2) is 13.4. The molecule has 38 heavy (non-hydrogen) atoms. The number of anilines is 2. The van der Waals surface area contributed by atoms with Crippen molar-refractivity contribution in [1.82, 2.24) is 20.3 Å². The lowest BCUT2D eigenvalue weighted by Crippen LogP contribution is -2.41. The van der Waals surface area contributed by atoms with Gasteiger partial charge in [0.2, 0.25) is 5.88 Å². The number of unbranched alkanes of at least 4 members (excludes halogenated alkanes) is 1. The molecule has 0 aliphatic heterocycles. The van der Waals surface area contributed by atoms with Crippen LogP contribution in [0.4, 0.5) is 30.4 Å². The number of hydrogen-bond donors (Lipinski definition) is 3. The molecule has 0 fully saturated rings. The molecule has 0 saturated heterocycles. The van der Waals surface area contributed by atoms with Crippen LogP contribution in [0.5, 0.6) is 5.88 Å². The highest BCUT2D eigenvalue weighted by atomic mass is 127. The number of nitrogens with one attached hydrogen (secondary N) is 2. The van der Waals surface area contributed by atoms with Gasteiger partial charge in [-0.25, -0.2) is 19.3 Å². The number of halogens is 4. The fourth-order valence-corrected chi connectivity index (χ4v) is 4.90. The van der Waals surface area contributed by atoms with E-state index in [1.165, 1.54) is 13.3 Å². The molecule has 3 rings (SSSR count). The number of ether oxygens (including phenoxy) is 1. The molecule has 2 N–H and O–H groups in total. The van der Waals surface area contributed by atoms with Gasteiger partial charge in [0.1, 0.15) is 24.4 Å². The Balaban J connectivity index is 1.91. The summed E-state index contributed by atoms with van der Waals surface area (Å²) in [5.41, 5.74) is 2.96. The van der Waals surface area contributed by atoms with E-state index in [2.05, 4.69) is 47.2 Å². The number of nitrogens with zero attached hydrogens (tertiary/aromatic N) is 4. The molecule has 0 bridgehead atoms. The predicted molar refractivity (Wildman–Crippen MR) is 150 cm³/mol. The number of amides is 1. The Labute approximate surface area is 233 Å². The Morgan fingerprint density at radius 1 is 1.26 bits per heavy atom. The number of thiol groups is 1. The van der Waals surface area contributed by atoms with Crippen LogP contribution < -0.4 is 15.4 Å². The van der Waals surface area contributed by atoms with Crippen molar-refractivity contribution in [2.75, 3.05) is 17.6 Å². The van der Waals surface area contributed by atoms with Crippen LogP contribution in [0.25, 0.3) is 10.9 Å². The van der Waals surface area contributed by atoms with Crippen molar-refractivity contribution in [2.24, 2.45) is 4.36 Å². The van der Waals surface area contributed by atoms with E-state index in [9.17, 15) is 22.2 Å². The maximum absolute atomic E-state index is 12.5. The van der Waals surface area contributed by atoms with Gasteiger partial charge in [-0.1, -0.05) is 35.9 Å². The van der Waals surface area contributed by atoms with Gasteiger partial charge < -0.3 is 15.4 Å². The van der Waals surface area contributed by atoms with Gasteiger partial charge in [-0.15, -0.1) is 0 Å². The second-order valence-electron chi connectivity index (χ2n) is 8.42. The third kappa shape index (κ3) is 8.38. The lowest BCUT2D eigenvalue weighted by atomic mass is 10.1. The van der Waals surface area contributed by atoms with Gasteiger partial charge in [0.05, 0.1) is 16.9 Å². The molecule has 1 amide bonds. The van der Waals surface area contributed by atoms with Gasteiger partial charge in [0.15, 0.2) is 6.10 Å². The van der Waals surface area contributed by atoms with Crippen LogP contribution >= 0.6 is 22.6 Å². The quantitative estimate of drug-likeness (QED) is 0.140. The molecule has 9 nitrogen and oxygen atoms in total. The number of benzene rings is 1. The first-order valence-electron chi connectivity index (χ1n) is 11.8. The molecule has 0 spiro atoms. The molecular formula is C24H28F3IN6O3S. The summed E-state index contributed by atoms with van der Waals surface area (Å²) in [5, 5.41) is 5.66. The third-order valence-electron chi connectivity index (χ3n) is 5.28. The van der Waals surface area contributed by atoms with Crippen LogP contribution in [0.2, 0.25) is 0 Å². The normalized spacial score (nSPS) is 13.3. The van der Waals surface area contributed by atoms with E-state index < -0.39 is 35.3 Å². The van der Waals surface area contributed by atoms with E-state index in [1.54, 1.807) is 24.3 Å². The van der Waals surface area contributed by atoms with E-state index in [-0.39, 0.29) is 5.88 Å². The van der Waals surface area contributed by atoms with Crippen LogP contribution in [0.3, 0.4) is 0 Å². The fourth-order valence-electron chi connectivity index (χ4n) is 3.42. The lowest BCUT2D eigenvalue weighted by Gasteiger charge is -2.18. The minimum atomic E-state index is -4.54. The van der Waals surface area contributed by atoms with Crippen molar-refractivity contribution in [3.8, 4) is 5.88 Å². The molecule has 3 aromatic rings.